The molecule has 8 nitrogen and oxygen atoms in total. The van der Waals surface area contributed by atoms with Gasteiger partial charge in [0, 0.05) is 45.1 Å². The highest BCUT2D eigenvalue weighted by atomic mass is 32.2. The number of hydrogen-bond donors (Lipinski definition) is 0. The Morgan fingerprint density at radius 3 is 2.79 bits per heavy atom. The van der Waals surface area contributed by atoms with Crippen LogP contribution in [0.3, 0.4) is 0 Å². The first-order valence-electron chi connectivity index (χ1n) is 9.17. The fourth-order valence-corrected chi connectivity index (χ4v) is 5.12. The fourth-order valence-electron chi connectivity index (χ4n) is 3.50. The summed E-state index contributed by atoms with van der Waals surface area (Å²) in [5, 5.41) is 11.6. The zero-order chi connectivity index (χ0) is 20.3. The molecule has 2 heterocycles. The Morgan fingerprint density at radius 2 is 2.14 bits per heavy atom. The van der Waals surface area contributed by atoms with Crippen LogP contribution in [0.5, 0.6) is 0 Å². The Morgan fingerprint density at radius 1 is 1.36 bits per heavy atom. The number of nitro groups is 1. The first kappa shape index (κ1) is 20.2. The Kier molecular flexibility index (Phi) is 5.95. The van der Waals surface area contributed by atoms with Crippen LogP contribution in [0.15, 0.2) is 47.6 Å². The zero-order valence-electron chi connectivity index (χ0n) is 16.0. The fraction of sp³-hybridized carbons (Fsp3) is 0.421. The molecule has 1 fully saturated rings. The zero-order valence-corrected chi connectivity index (χ0v) is 16.8. The number of rotatable bonds is 6. The minimum absolute atomic E-state index is 0.0353. The maximum Gasteiger partial charge on any atom is 0.293 e. The number of aromatic nitrogens is 1. The van der Waals surface area contributed by atoms with E-state index in [4.69, 9.17) is 0 Å². The van der Waals surface area contributed by atoms with Crippen molar-refractivity contribution >= 4 is 21.4 Å². The van der Waals surface area contributed by atoms with Gasteiger partial charge in [0.05, 0.1) is 9.82 Å². The van der Waals surface area contributed by atoms with Crippen molar-refractivity contribution in [1.82, 2.24) is 9.29 Å². The van der Waals surface area contributed by atoms with Crippen LogP contribution >= 0.6 is 0 Å². The third-order valence-corrected chi connectivity index (χ3v) is 6.82. The first-order chi connectivity index (χ1) is 13.3. The van der Waals surface area contributed by atoms with Gasteiger partial charge in [0.2, 0.25) is 10.0 Å². The van der Waals surface area contributed by atoms with E-state index >= 15 is 0 Å². The summed E-state index contributed by atoms with van der Waals surface area (Å²) in [4.78, 5) is 16.8. The lowest BCUT2D eigenvalue weighted by Gasteiger charge is -2.30. The van der Waals surface area contributed by atoms with Crippen LogP contribution in [-0.2, 0) is 16.6 Å². The number of nitro benzene ring substituents is 1. The van der Waals surface area contributed by atoms with Gasteiger partial charge in [-0.05, 0) is 42.5 Å². The number of anilines is 1. The van der Waals surface area contributed by atoms with Gasteiger partial charge in [-0.25, -0.2) is 8.42 Å². The van der Waals surface area contributed by atoms with Gasteiger partial charge < -0.3 is 4.90 Å². The molecule has 1 aromatic carbocycles. The number of piperidine rings is 1. The van der Waals surface area contributed by atoms with E-state index in [2.05, 4.69) is 4.98 Å². The average Bonchev–Trinajstić information content (AvgIpc) is 2.68. The summed E-state index contributed by atoms with van der Waals surface area (Å²) in [5.74, 6) is 0.281. The third kappa shape index (κ3) is 4.31. The number of hydrogen-bond acceptors (Lipinski definition) is 6. The normalized spacial score (nSPS) is 18.0. The van der Waals surface area contributed by atoms with Crippen molar-refractivity contribution in [1.29, 1.82) is 0 Å². The molecule has 3 rings (SSSR count). The van der Waals surface area contributed by atoms with E-state index < -0.39 is 14.9 Å². The van der Waals surface area contributed by atoms with Crippen LogP contribution in [0, 0.1) is 16.0 Å². The minimum atomic E-state index is -3.75. The maximum absolute atomic E-state index is 13.0. The van der Waals surface area contributed by atoms with Gasteiger partial charge in [0.1, 0.15) is 5.69 Å². The molecule has 28 heavy (non-hydrogen) atoms. The van der Waals surface area contributed by atoms with Crippen molar-refractivity contribution < 1.29 is 13.3 Å². The van der Waals surface area contributed by atoms with Crippen molar-refractivity contribution in [3.05, 3.63) is 58.4 Å². The number of benzene rings is 1. The number of sulfonamides is 1. The molecular formula is C19H24N4O4S. The van der Waals surface area contributed by atoms with Crippen LogP contribution in [0.2, 0.25) is 0 Å². The lowest BCUT2D eigenvalue weighted by Crippen LogP contribution is -2.39. The van der Waals surface area contributed by atoms with Crippen LogP contribution < -0.4 is 4.90 Å². The molecule has 1 aliphatic rings. The van der Waals surface area contributed by atoms with Gasteiger partial charge in [-0.1, -0.05) is 13.0 Å². The quantitative estimate of drug-likeness (QED) is 0.542. The predicted octanol–water partition coefficient (Wildman–Crippen LogP) is 3.05. The summed E-state index contributed by atoms with van der Waals surface area (Å²) < 4.78 is 27.4. The van der Waals surface area contributed by atoms with E-state index in [9.17, 15) is 18.5 Å². The summed E-state index contributed by atoms with van der Waals surface area (Å²) in [6.07, 6.45) is 5.14. The van der Waals surface area contributed by atoms with Crippen molar-refractivity contribution in [3.8, 4) is 0 Å². The van der Waals surface area contributed by atoms with E-state index in [1.165, 1.54) is 22.5 Å². The van der Waals surface area contributed by atoms with E-state index in [0.29, 0.717) is 25.3 Å². The molecule has 0 radical (unpaired) electrons. The summed E-state index contributed by atoms with van der Waals surface area (Å²) >= 11 is 0. The Hall–Kier alpha value is -2.52. The molecular weight excluding hydrogens is 380 g/mol. The Labute approximate surface area is 165 Å². The van der Waals surface area contributed by atoms with Crippen LogP contribution in [0.1, 0.15) is 25.3 Å². The van der Waals surface area contributed by atoms with Gasteiger partial charge in [-0.2, -0.15) is 4.31 Å². The summed E-state index contributed by atoms with van der Waals surface area (Å²) in [6.45, 7) is 3.33. The molecule has 150 valence electrons. The molecule has 1 atom stereocenters. The van der Waals surface area contributed by atoms with Gasteiger partial charge in [0.25, 0.3) is 5.69 Å². The molecule has 0 spiro atoms. The lowest BCUT2D eigenvalue weighted by molar-refractivity contribution is -0.384. The van der Waals surface area contributed by atoms with Gasteiger partial charge in [-0.3, -0.25) is 15.1 Å². The second-order valence-electron chi connectivity index (χ2n) is 7.24. The molecule has 1 saturated heterocycles. The Balaban J connectivity index is 1.91. The molecule has 0 N–H and O–H groups in total. The topological polar surface area (TPSA) is 96.7 Å². The second kappa shape index (κ2) is 8.24. The van der Waals surface area contributed by atoms with Crippen LogP contribution in [0.25, 0.3) is 0 Å². The number of pyridine rings is 1. The van der Waals surface area contributed by atoms with Gasteiger partial charge in [0.15, 0.2) is 0 Å². The van der Waals surface area contributed by atoms with E-state index in [-0.39, 0.29) is 16.5 Å². The SMILES string of the molecule is C[C@@H]1CCCN(S(=O)(=O)c2ccc(N(C)Cc3cccnc3)c([N+](=O)[O-])c2)C1. The maximum atomic E-state index is 13.0. The average molecular weight is 404 g/mol. The minimum Gasteiger partial charge on any atom is -0.365 e. The van der Waals surface area contributed by atoms with Crippen molar-refractivity contribution in [3.63, 3.8) is 0 Å². The highest BCUT2D eigenvalue weighted by Crippen LogP contribution is 2.33. The molecule has 0 amide bonds. The summed E-state index contributed by atoms with van der Waals surface area (Å²) in [6, 6.07) is 7.81. The monoisotopic (exact) mass is 404 g/mol. The van der Waals surface area contributed by atoms with Crippen molar-refractivity contribution in [2.45, 2.75) is 31.2 Å². The van der Waals surface area contributed by atoms with E-state index in [1.807, 2.05) is 13.0 Å². The van der Waals surface area contributed by atoms with Gasteiger partial charge >= 0.3 is 0 Å². The molecule has 1 aromatic heterocycles. The number of nitrogens with zero attached hydrogens (tertiary/aromatic N) is 4. The van der Waals surface area contributed by atoms with Crippen LogP contribution in [0.4, 0.5) is 11.4 Å². The third-order valence-electron chi connectivity index (χ3n) is 4.95. The Bertz CT molecular complexity index is 950. The molecule has 0 unspecified atom stereocenters. The summed E-state index contributed by atoms with van der Waals surface area (Å²) in [5.41, 5.74) is 1.04. The predicted molar refractivity (Wildman–Crippen MR) is 107 cm³/mol. The highest BCUT2D eigenvalue weighted by Gasteiger charge is 2.31. The standard InChI is InChI=1S/C19H24N4O4S/c1-15-5-4-10-22(13-15)28(26,27)17-7-8-18(19(11-17)23(24)25)21(2)14-16-6-3-9-20-12-16/h3,6-9,11-12,15H,4-5,10,13-14H2,1-2H3/t15-/m1/s1. The van der Waals surface area contributed by atoms with E-state index in [0.717, 1.165) is 18.4 Å². The molecule has 0 aliphatic carbocycles. The molecule has 0 saturated carbocycles. The van der Waals surface area contributed by atoms with E-state index in [1.54, 1.807) is 30.4 Å². The second-order valence-corrected chi connectivity index (χ2v) is 9.17. The summed E-state index contributed by atoms with van der Waals surface area (Å²) in [7, 11) is -2.02. The molecule has 1 aliphatic heterocycles. The van der Waals surface area contributed by atoms with Crippen molar-refractivity contribution in [2.75, 3.05) is 25.0 Å². The lowest BCUT2D eigenvalue weighted by atomic mass is 10.0. The molecule has 0 bridgehead atoms. The first-order valence-corrected chi connectivity index (χ1v) is 10.6. The highest BCUT2D eigenvalue weighted by molar-refractivity contribution is 7.89. The van der Waals surface area contributed by atoms with Gasteiger partial charge in [-0.15, -0.1) is 0 Å². The smallest absolute Gasteiger partial charge is 0.293 e. The molecule has 2 aromatic rings. The van der Waals surface area contributed by atoms with Crippen LogP contribution in [-0.4, -0.2) is 42.8 Å². The largest absolute Gasteiger partial charge is 0.365 e. The van der Waals surface area contributed by atoms with Crippen molar-refractivity contribution in [2.24, 2.45) is 5.92 Å². The molecule has 9 heteroatoms.